The molecule has 0 aliphatic rings. The van der Waals surface area contributed by atoms with E-state index in [0.29, 0.717) is 6.42 Å². The predicted octanol–water partition coefficient (Wildman–Crippen LogP) is 1.29. The van der Waals surface area contributed by atoms with Crippen LogP contribution in [0, 0.1) is 0 Å². The van der Waals surface area contributed by atoms with Gasteiger partial charge in [0.2, 0.25) is 0 Å². The Kier molecular flexibility index (Phi) is 6.08. The normalized spacial score (nSPS) is 13.8. The molecule has 1 N–H and O–H groups in total. The summed E-state index contributed by atoms with van der Waals surface area (Å²) in [5.41, 5.74) is 0. The van der Waals surface area contributed by atoms with E-state index in [1.165, 1.54) is 0 Å². The van der Waals surface area contributed by atoms with Crippen molar-refractivity contribution in [1.29, 1.82) is 0 Å². The summed E-state index contributed by atoms with van der Waals surface area (Å²) >= 11 is 0. The lowest BCUT2D eigenvalue weighted by Gasteiger charge is -1.99. The Morgan fingerprint density at radius 3 is 2.60 bits per heavy atom. The van der Waals surface area contributed by atoms with Gasteiger partial charge in [-0.3, -0.25) is 0 Å². The molecule has 1 atom stereocenters. The Morgan fingerprint density at radius 1 is 1.40 bits per heavy atom. The Labute approximate surface area is 61.6 Å². The molecule has 0 aromatic heterocycles. The second kappa shape index (κ2) is 6.49. The van der Waals surface area contributed by atoms with E-state index in [9.17, 15) is 4.79 Å². The molecule has 0 aliphatic heterocycles. The van der Waals surface area contributed by atoms with Crippen LogP contribution in [0.15, 0.2) is 12.2 Å². The van der Waals surface area contributed by atoms with E-state index in [1.54, 1.807) is 0 Å². The minimum Gasteiger partial charge on any atom is -0.392 e. The first-order chi connectivity index (χ1) is 4.81. The third-order valence-electron chi connectivity index (χ3n) is 1.18. The molecule has 0 fully saturated rings. The Morgan fingerprint density at radius 2 is 2.10 bits per heavy atom. The molecule has 0 spiro atoms. The van der Waals surface area contributed by atoms with Gasteiger partial charge in [0.1, 0.15) is 6.29 Å². The second-order valence-electron chi connectivity index (χ2n) is 2.17. The van der Waals surface area contributed by atoms with Crippen molar-refractivity contribution in [1.82, 2.24) is 0 Å². The van der Waals surface area contributed by atoms with E-state index < -0.39 is 6.10 Å². The molecular formula is C8H14O2. The number of aldehydes is 1. The van der Waals surface area contributed by atoms with Crippen LogP contribution in [0.3, 0.4) is 0 Å². The van der Waals surface area contributed by atoms with Gasteiger partial charge in [0, 0.05) is 6.42 Å². The largest absolute Gasteiger partial charge is 0.392 e. The average Bonchev–Trinajstić information content (AvgIpc) is 1.89. The topological polar surface area (TPSA) is 37.3 Å². The van der Waals surface area contributed by atoms with Crippen molar-refractivity contribution in [3.8, 4) is 0 Å². The fourth-order valence-corrected chi connectivity index (χ4v) is 0.627. The zero-order valence-corrected chi connectivity index (χ0v) is 6.29. The van der Waals surface area contributed by atoms with Gasteiger partial charge in [-0.2, -0.15) is 0 Å². The zero-order chi connectivity index (χ0) is 7.82. The molecule has 0 bridgehead atoms. The Balaban J connectivity index is 3.28. The number of aliphatic hydroxyl groups excluding tert-OH is 1. The summed E-state index contributed by atoms with van der Waals surface area (Å²) in [7, 11) is 0. The van der Waals surface area contributed by atoms with Gasteiger partial charge in [0.15, 0.2) is 0 Å². The van der Waals surface area contributed by atoms with Crippen molar-refractivity contribution < 1.29 is 9.90 Å². The van der Waals surface area contributed by atoms with Crippen LogP contribution in [0.1, 0.15) is 26.2 Å². The van der Waals surface area contributed by atoms with Crippen molar-refractivity contribution in [3.63, 3.8) is 0 Å². The lowest BCUT2D eigenvalue weighted by molar-refractivity contribution is -0.109. The summed E-state index contributed by atoms with van der Waals surface area (Å²) in [6.07, 6.45) is 5.95. The average molecular weight is 142 g/mol. The number of allylic oxidation sites excluding steroid dienone is 1. The molecule has 0 aliphatic carbocycles. The van der Waals surface area contributed by atoms with Gasteiger partial charge in [-0.25, -0.2) is 0 Å². The Hall–Kier alpha value is -0.630. The number of hydrogen-bond donors (Lipinski definition) is 1. The maximum Gasteiger partial charge on any atom is 0.122 e. The van der Waals surface area contributed by atoms with E-state index in [0.717, 1.165) is 12.7 Å². The van der Waals surface area contributed by atoms with Crippen molar-refractivity contribution in [2.24, 2.45) is 0 Å². The standard InChI is InChI=1S/C8H14O2/c1-2-3-4-5-8(10)6-7-9/h3-4,7-8,10H,2,5-6H2,1H3. The number of aliphatic hydroxyl groups is 1. The van der Waals surface area contributed by atoms with Gasteiger partial charge < -0.3 is 9.90 Å². The lowest BCUT2D eigenvalue weighted by Crippen LogP contribution is -2.04. The molecule has 0 saturated heterocycles. The third-order valence-corrected chi connectivity index (χ3v) is 1.18. The van der Waals surface area contributed by atoms with Crippen LogP contribution in [0.5, 0.6) is 0 Å². The van der Waals surface area contributed by atoms with Crippen LogP contribution in [-0.2, 0) is 4.79 Å². The summed E-state index contributed by atoms with van der Waals surface area (Å²) in [6.45, 7) is 2.03. The highest BCUT2D eigenvalue weighted by Crippen LogP contribution is 1.96. The van der Waals surface area contributed by atoms with Gasteiger partial charge in [0.25, 0.3) is 0 Å². The third kappa shape index (κ3) is 5.51. The maximum atomic E-state index is 9.86. The van der Waals surface area contributed by atoms with Crippen LogP contribution in [0.4, 0.5) is 0 Å². The van der Waals surface area contributed by atoms with Crippen LogP contribution in [0.2, 0.25) is 0 Å². The quantitative estimate of drug-likeness (QED) is 0.464. The summed E-state index contributed by atoms with van der Waals surface area (Å²) in [5.74, 6) is 0. The molecule has 0 aromatic carbocycles. The van der Waals surface area contributed by atoms with Gasteiger partial charge >= 0.3 is 0 Å². The van der Waals surface area contributed by atoms with Crippen molar-refractivity contribution in [2.75, 3.05) is 0 Å². The molecule has 2 nitrogen and oxygen atoms in total. The van der Waals surface area contributed by atoms with E-state index in [4.69, 9.17) is 5.11 Å². The van der Waals surface area contributed by atoms with Crippen LogP contribution >= 0.6 is 0 Å². The number of rotatable bonds is 5. The van der Waals surface area contributed by atoms with Crippen molar-refractivity contribution >= 4 is 6.29 Å². The van der Waals surface area contributed by atoms with E-state index in [-0.39, 0.29) is 6.42 Å². The maximum absolute atomic E-state index is 9.86. The fraction of sp³-hybridized carbons (Fsp3) is 0.625. The Bertz CT molecular complexity index is 108. The number of carbonyl (C=O) groups is 1. The number of hydrogen-bond acceptors (Lipinski definition) is 2. The molecule has 0 rings (SSSR count). The monoisotopic (exact) mass is 142 g/mol. The number of carbonyl (C=O) groups excluding carboxylic acids is 1. The van der Waals surface area contributed by atoms with Crippen molar-refractivity contribution in [2.45, 2.75) is 32.3 Å². The van der Waals surface area contributed by atoms with Gasteiger partial charge in [0.05, 0.1) is 6.10 Å². The fourth-order valence-electron chi connectivity index (χ4n) is 0.627. The lowest BCUT2D eigenvalue weighted by atomic mass is 10.2. The summed E-state index contributed by atoms with van der Waals surface area (Å²) in [6, 6.07) is 0. The molecule has 1 unspecified atom stereocenters. The zero-order valence-electron chi connectivity index (χ0n) is 6.29. The predicted molar refractivity (Wildman–Crippen MR) is 40.7 cm³/mol. The molecule has 0 saturated carbocycles. The van der Waals surface area contributed by atoms with Gasteiger partial charge in [-0.1, -0.05) is 19.1 Å². The summed E-state index contributed by atoms with van der Waals surface area (Å²) < 4.78 is 0. The highest BCUT2D eigenvalue weighted by Gasteiger charge is 1.97. The van der Waals surface area contributed by atoms with Gasteiger partial charge in [-0.05, 0) is 12.8 Å². The molecule has 0 heterocycles. The molecule has 10 heavy (non-hydrogen) atoms. The highest BCUT2D eigenvalue weighted by molar-refractivity contribution is 5.50. The van der Waals surface area contributed by atoms with Gasteiger partial charge in [-0.15, -0.1) is 0 Å². The second-order valence-corrected chi connectivity index (χ2v) is 2.17. The minimum absolute atomic E-state index is 0.244. The van der Waals surface area contributed by atoms with E-state index in [1.807, 2.05) is 19.1 Å². The van der Waals surface area contributed by atoms with Crippen LogP contribution < -0.4 is 0 Å². The van der Waals surface area contributed by atoms with E-state index in [2.05, 4.69) is 0 Å². The first kappa shape index (κ1) is 9.37. The minimum atomic E-state index is -0.486. The molecule has 58 valence electrons. The first-order valence-electron chi connectivity index (χ1n) is 3.58. The highest BCUT2D eigenvalue weighted by atomic mass is 16.3. The SMILES string of the molecule is CCC=CCC(O)CC=O. The van der Waals surface area contributed by atoms with Crippen LogP contribution in [-0.4, -0.2) is 17.5 Å². The first-order valence-corrected chi connectivity index (χ1v) is 3.58. The smallest absolute Gasteiger partial charge is 0.122 e. The van der Waals surface area contributed by atoms with Crippen LogP contribution in [0.25, 0.3) is 0 Å². The molecule has 0 amide bonds. The molecule has 2 heteroatoms. The summed E-state index contributed by atoms with van der Waals surface area (Å²) in [4.78, 5) is 9.86. The molecular weight excluding hydrogens is 128 g/mol. The molecule has 0 aromatic rings. The van der Waals surface area contributed by atoms with E-state index >= 15 is 0 Å². The summed E-state index contributed by atoms with van der Waals surface area (Å²) in [5, 5.41) is 8.99. The van der Waals surface area contributed by atoms with Crippen molar-refractivity contribution in [3.05, 3.63) is 12.2 Å². The molecule has 0 radical (unpaired) electrons.